The summed E-state index contributed by atoms with van der Waals surface area (Å²) in [6.45, 7) is 13.5. The van der Waals surface area contributed by atoms with E-state index in [-0.39, 0.29) is 0 Å². The fourth-order valence-corrected chi connectivity index (χ4v) is 7.24. The third-order valence-electron chi connectivity index (χ3n) is 9.95. The van der Waals surface area contributed by atoms with Crippen LogP contribution in [0.25, 0.3) is 21.5 Å². The van der Waals surface area contributed by atoms with Crippen LogP contribution in [0.3, 0.4) is 0 Å². The summed E-state index contributed by atoms with van der Waals surface area (Å²) >= 11 is 0. The van der Waals surface area contributed by atoms with Crippen molar-refractivity contribution < 1.29 is 0 Å². The van der Waals surface area contributed by atoms with Crippen LogP contribution in [0.5, 0.6) is 0 Å². The quantitative estimate of drug-likeness (QED) is 0.141. The Labute approximate surface area is 274 Å². The normalized spacial score (nSPS) is 18.1. The summed E-state index contributed by atoms with van der Waals surface area (Å²) in [5.41, 5.74) is 12.9. The van der Waals surface area contributed by atoms with Gasteiger partial charge in [0.1, 0.15) is 0 Å². The molecule has 0 amide bonds. The topological polar surface area (TPSA) is 6.48 Å². The molecule has 0 fully saturated rings. The average Bonchev–Trinajstić information content (AvgIpc) is 3.06. The number of benzene rings is 5. The monoisotopic (exact) mass is 600 g/mol. The van der Waals surface area contributed by atoms with Crippen LogP contribution in [-0.2, 0) is 0 Å². The Morgan fingerprint density at radius 3 is 1.43 bits per heavy atom. The molecule has 46 heavy (non-hydrogen) atoms. The SMILES string of the molecule is CC1=CC=C(N(c2ccc(C)cc2)c2c3ccccc3c(N(C3=CC=C(C)C(C)C3)c3ccc(C)cc3)c3ccccc23)C(C)C1. The van der Waals surface area contributed by atoms with E-state index >= 15 is 0 Å². The Bertz CT molecular complexity index is 2000. The molecular formula is C44H44N2. The summed E-state index contributed by atoms with van der Waals surface area (Å²) in [5, 5.41) is 5.02. The van der Waals surface area contributed by atoms with E-state index in [0.717, 1.165) is 12.8 Å². The number of allylic oxidation sites excluding steroid dienone is 8. The van der Waals surface area contributed by atoms with Gasteiger partial charge in [0.25, 0.3) is 0 Å². The van der Waals surface area contributed by atoms with Crippen molar-refractivity contribution in [2.75, 3.05) is 9.80 Å². The molecule has 2 atom stereocenters. The van der Waals surface area contributed by atoms with Gasteiger partial charge in [-0.05, 0) is 82.9 Å². The molecule has 230 valence electrons. The van der Waals surface area contributed by atoms with Crippen molar-refractivity contribution in [2.24, 2.45) is 11.8 Å². The number of rotatable bonds is 6. The second-order valence-electron chi connectivity index (χ2n) is 13.5. The van der Waals surface area contributed by atoms with Gasteiger partial charge in [-0.3, -0.25) is 0 Å². The van der Waals surface area contributed by atoms with E-state index in [2.05, 4.69) is 173 Å². The molecule has 7 rings (SSSR count). The van der Waals surface area contributed by atoms with E-state index < -0.39 is 0 Å². The molecule has 0 aromatic heterocycles. The number of fused-ring (bicyclic) bond motifs is 2. The molecule has 0 bridgehead atoms. The molecule has 5 aromatic carbocycles. The highest BCUT2D eigenvalue weighted by atomic mass is 15.2. The molecular weight excluding hydrogens is 556 g/mol. The van der Waals surface area contributed by atoms with Crippen LogP contribution in [-0.4, -0.2) is 0 Å². The summed E-state index contributed by atoms with van der Waals surface area (Å²) in [7, 11) is 0. The Morgan fingerprint density at radius 1 is 0.478 bits per heavy atom. The van der Waals surface area contributed by atoms with Gasteiger partial charge < -0.3 is 9.80 Å². The summed E-state index contributed by atoms with van der Waals surface area (Å²) in [5.74, 6) is 0.870. The predicted molar refractivity (Wildman–Crippen MR) is 199 cm³/mol. The Balaban J connectivity index is 1.58. The number of hydrogen-bond donors (Lipinski definition) is 0. The van der Waals surface area contributed by atoms with Gasteiger partial charge in [0, 0.05) is 50.2 Å². The number of nitrogens with zero attached hydrogens (tertiary/aromatic N) is 2. The van der Waals surface area contributed by atoms with Crippen LogP contribution in [0.4, 0.5) is 22.7 Å². The molecule has 2 aliphatic carbocycles. The minimum atomic E-state index is 0.386. The number of aryl methyl sites for hydroxylation is 2. The molecule has 2 nitrogen and oxygen atoms in total. The first-order chi connectivity index (χ1) is 22.3. The molecule has 5 aromatic rings. The molecule has 0 N–H and O–H groups in total. The van der Waals surface area contributed by atoms with E-state index in [9.17, 15) is 0 Å². The highest BCUT2D eigenvalue weighted by Gasteiger charge is 2.29. The van der Waals surface area contributed by atoms with E-state index in [1.165, 1.54) is 78.0 Å². The highest BCUT2D eigenvalue weighted by molar-refractivity contribution is 6.22. The molecule has 0 saturated heterocycles. The van der Waals surface area contributed by atoms with Gasteiger partial charge in [-0.1, -0.05) is 121 Å². The van der Waals surface area contributed by atoms with Gasteiger partial charge in [0.15, 0.2) is 0 Å². The van der Waals surface area contributed by atoms with E-state index in [0.29, 0.717) is 11.8 Å². The fourth-order valence-electron chi connectivity index (χ4n) is 7.24. The lowest BCUT2D eigenvalue weighted by molar-refractivity contribution is 0.648. The van der Waals surface area contributed by atoms with Gasteiger partial charge >= 0.3 is 0 Å². The fraction of sp³-hybridized carbons (Fsp3) is 0.227. The van der Waals surface area contributed by atoms with Crippen LogP contribution >= 0.6 is 0 Å². The Morgan fingerprint density at radius 2 is 0.957 bits per heavy atom. The first-order valence-electron chi connectivity index (χ1n) is 16.7. The van der Waals surface area contributed by atoms with Crippen molar-refractivity contribution in [3.8, 4) is 0 Å². The second-order valence-corrected chi connectivity index (χ2v) is 13.5. The lowest BCUT2D eigenvalue weighted by Gasteiger charge is -2.37. The van der Waals surface area contributed by atoms with Gasteiger partial charge in [-0.15, -0.1) is 0 Å². The van der Waals surface area contributed by atoms with Crippen molar-refractivity contribution in [3.05, 3.63) is 155 Å². The summed E-state index contributed by atoms with van der Waals surface area (Å²) in [4.78, 5) is 5.09. The van der Waals surface area contributed by atoms with Crippen molar-refractivity contribution in [1.82, 2.24) is 0 Å². The molecule has 0 heterocycles. The van der Waals surface area contributed by atoms with Crippen molar-refractivity contribution in [2.45, 2.75) is 54.4 Å². The number of hydrogen-bond acceptors (Lipinski definition) is 2. The molecule has 0 aliphatic heterocycles. The first-order valence-corrected chi connectivity index (χ1v) is 16.7. The van der Waals surface area contributed by atoms with Gasteiger partial charge in [-0.2, -0.15) is 0 Å². The van der Waals surface area contributed by atoms with Crippen LogP contribution < -0.4 is 9.80 Å². The summed E-state index contributed by atoms with van der Waals surface area (Å²) in [6.07, 6.45) is 11.4. The van der Waals surface area contributed by atoms with Gasteiger partial charge in [0.2, 0.25) is 0 Å². The maximum Gasteiger partial charge on any atom is 0.0616 e. The minimum absolute atomic E-state index is 0.386. The first kappa shape index (κ1) is 29.9. The van der Waals surface area contributed by atoms with Gasteiger partial charge in [0.05, 0.1) is 11.4 Å². The van der Waals surface area contributed by atoms with E-state index in [1.54, 1.807) is 0 Å². The minimum Gasteiger partial charge on any atom is -0.313 e. The zero-order valence-electron chi connectivity index (χ0n) is 28.0. The smallest absolute Gasteiger partial charge is 0.0616 e. The zero-order valence-corrected chi connectivity index (χ0v) is 28.0. The summed E-state index contributed by atoms with van der Waals surface area (Å²) in [6, 6.07) is 36.2. The molecule has 2 heteroatoms. The second kappa shape index (κ2) is 12.2. The zero-order chi connectivity index (χ0) is 31.9. The molecule has 0 radical (unpaired) electrons. The van der Waals surface area contributed by atoms with Crippen LogP contribution in [0.15, 0.2) is 144 Å². The number of anilines is 4. The lowest BCUT2D eigenvalue weighted by Crippen LogP contribution is -2.24. The lowest BCUT2D eigenvalue weighted by atomic mass is 9.89. The third kappa shape index (κ3) is 5.36. The van der Waals surface area contributed by atoms with E-state index in [4.69, 9.17) is 0 Å². The molecule has 0 saturated carbocycles. The van der Waals surface area contributed by atoms with Crippen molar-refractivity contribution in [3.63, 3.8) is 0 Å². The van der Waals surface area contributed by atoms with Crippen LogP contribution in [0.1, 0.15) is 51.7 Å². The summed E-state index contributed by atoms with van der Waals surface area (Å²) < 4.78 is 0. The maximum atomic E-state index is 2.55. The van der Waals surface area contributed by atoms with Gasteiger partial charge in [-0.25, -0.2) is 0 Å². The third-order valence-corrected chi connectivity index (χ3v) is 9.95. The molecule has 0 spiro atoms. The predicted octanol–water partition coefficient (Wildman–Crippen LogP) is 12.6. The maximum absolute atomic E-state index is 2.55. The standard InChI is InChI=1S/C44H44N2/c1-29-15-21-35(22-16-29)45(37-25-20-32(4)33(5)28-37)43-38-11-7-9-13-40(38)44(41-14-10-8-12-39(41)43)46(36-23-17-30(2)18-24-36)42-26-19-31(3)27-34(42)6/h7-26,33-34H,27-28H2,1-6H3. The Hall–Kier alpha value is -4.82. The molecule has 2 aliphatic rings. The van der Waals surface area contributed by atoms with Crippen molar-refractivity contribution in [1.29, 1.82) is 0 Å². The highest BCUT2D eigenvalue weighted by Crippen LogP contribution is 2.51. The van der Waals surface area contributed by atoms with E-state index in [1.807, 2.05) is 0 Å². The van der Waals surface area contributed by atoms with Crippen molar-refractivity contribution >= 4 is 44.3 Å². The van der Waals surface area contributed by atoms with Crippen LogP contribution in [0, 0.1) is 25.7 Å². The largest absolute Gasteiger partial charge is 0.313 e. The Kier molecular flexibility index (Phi) is 7.90. The van der Waals surface area contributed by atoms with Crippen LogP contribution in [0.2, 0.25) is 0 Å². The average molecular weight is 601 g/mol. The molecule has 2 unspecified atom stereocenters.